The van der Waals surface area contributed by atoms with Gasteiger partial charge in [0.15, 0.2) is 0 Å². The molecule has 1 unspecified atom stereocenters. The minimum absolute atomic E-state index is 0.0222. The molecule has 0 aliphatic carbocycles. The van der Waals surface area contributed by atoms with Gasteiger partial charge in [-0.05, 0) is 30.3 Å². The molecule has 1 aromatic heterocycles. The molecular weight excluding hydrogens is 346 g/mol. The molecule has 1 amide bonds. The predicted octanol–water partition coefficient (Wildman–Crippen LogP) is 3.98. The first-order valence-corrected chi connectivity index (χ1v) is 8.46. The van der Waals surface area contributed by atoms with E-state index in [1.54, 1.807) is 53.6 Å². The fraction of sp³-hybridized carbons (Fsp3) is 0.150. The molecule has 7 heteroatoms. The van der Waals surface area contributed by atoms with Gasteiger partial charge >= 0.3 is 0 Å². The summed E-state index contributed by atoms with van der Waals surface area (Å²) in [7, 11) is 1.84. The molecule has 7 nitrogen and oxygen atoms in total. The van der Waals surface area contributed by atoms with Gasteiger partial charge in [-0.25, -0.2) is 0 Å². The molecule has 0 fully saturated rings. The van der Waals surface area contributed by atoms with Gasteiger partial charge in [0.2, 0.25) is 0 Å². The van der Waals surface area contributed by atoms with E-state index in [2.05, 4.69) is 0 Å². The van der Waals surface area contributed by atoms with Crippen molar-refractivity contribution in [3.63, 3.8) is 0 Å². The van der Waals surface area contributed by atoms with E-state index in [9.17, 15) is 14.9 Å². The van der Waals surface area contributed by atoms with Gasteiger partial charge in [-0.15, -0.1) is 0 Å². The summed E-state index contributed by atoms with van der Waals surface area (Å²) in [6, 6.07) is 17.3. The summed E-state index contributed by atoms with van der Waals surface area (Å²) < 4.78 is 5.42. The summed E-state index contributed by atoms with van der Waals surface area (Å²) in [6.45, 7) is 0.210. The second kappa shape index (κ2) is 6.60. The molecule has 0 bridgehead atoms. The van der Waals surface area contributed by atoms with E-state index < -0.39 is 11.1 Å². The first kappa shape index (κ1) is 16.8. The summed E-state index contributed by atoms with van der Waals surface area (Å²) in [5.41, 5.74) is 1.73. The van der Waals surface area contributed by atoms with Crippen LogP contribution in [-0.4, -0.2) is 22.8 Å². The quantitative estimate of drug-likeness (QED) is 0.517. The number of para-hydroxylation sites is 2. The topological polar surface area (TPSA) is 79.8 Å². The third kappa shape index (κ3) is 2.83. The number of hydrogen-bond donors (Lipinski definition) is 0. The van der Waals surface area contributed by atoms with E-state index in [-0.39, 0.29) is 18.1 Å². The molecule has 0 radical (unpaired) electrons. The van der Waals surface area contributed by atoms with E-state index in [4.69, 9.17) is 4.42 Å². The zero-order valence-corrected chi connectivity index (χ0v) is 14.6. The summed E-state index contributed by atoms with van der Waals surface area (Å²) in [5, 5.41) is 11.6. The normalized spacial score (nSPS) is 16.3. The number of anilines is 1. The molecule has 2 heterocycles. The molecule has 27 heavy (non-hydrogen) atoms. The van der Waals surface area contributed by atoms with Crippen molar-refractivity contribution < 1.29 is 14.1 Å². The molecule has 3 aromatic rings. The predicted molar refractivity (Wildman–Crippen MR) is 99.3 cm³/mol. The van der Waals surface area contributed by atoms with Crippen molar-refractivity contribution in [2.45, 2.75) is 12.7 Å². The van der Waals surface area contributed by atoms with Gasteiger partial charge in [0.25, 0.3) is 11.6 Å². The van der Waals surface area contributed by atoms with Gasteiger partial charge < -0.3 is 14.2 Å². The van der Waals surface area contributed by atoms with Gasteiger partial charge in [0, 0.05) is 13.1 Å². The maximum Gasteiger partial charge on any atom is 0.276 e. The lowest BCUT2D eigenvalue weighted by Crippen LogP contribution is -2.47. The van der Waals surface area contributed by atoms with E-state index in [1.165, 1.54) is 6.07 Å². The molecule has 0 saturated carbocycles. The summed E-state index contributed by atoms with van der Waals surface area (Å²) in [4.78, 5) is 27.9. The average molecular weight is 363 g/mol. The number of nitrogens with zero attached hydrogens (tertiary/aromatic N) is 3. The molecular formula is C20H17N3O4. The SMILES string of the molecule is CN1c2ccccc2C(=O)N(Cc2ccco2)C1c1ccccc1[N+](=O)[O-]. The largest absolute Gasteiger partial charge is 0.467 e. The minimum atomic E-state index is -0.626. The molecule has 136 valence electrons. The number of carbonyl (C=O) groups is 1. The number of amides is 1. The van der Waals surface area contributed by atoms with Crippen LogP contribution in [0.25, 0.3) is 0 Å². The van der Waals surface area contributed by atoms with Crippen LogP contribution in [0.3, 0.4) is 0 Å². The maximum atomic E-state index is 13.2. The van der Waals surface area contributed by atoms with Crippen molar-refractivity contribution in [2.75, 3.05) is 11.9 Å². The second-order valence-electron chi connectivity index (χ2n) is 6.33. The standard InChI is InChI=1S/C20H17N3O4/c1-21-17-10-4-3-9-16(17)20(24)22(13-14-7-6-12-27-14)19(21)15-8-2-5-11-18(15)23(25)26/h2-12,19H,13H2,1H3. The van der Waals surface area contributed by atoms with Crippen molar-refractivity contribution in [1.29, 1.82) is 0 Å². The van der Waals surface area contributed by atoms with Gasteiger partial charge in [-0.3, -0.25) is 14.9 Å². The fourth-order valence-electron chi connectivity index (χ4n) is 3.55. The molecule has 0 spiro atoms. The van der Waals surface area contributed by atoms with Crippen molar-refractivity contribution in [2.24, 2.45) is 0 Å². The van der Waals surface area contributed by atoms with E-state index in [0.717, 1.165) is 5.69 Å². The Labute approximate surface area is 155 Å². The van der Waals surface area contributed by atoms with Crippen LogP contribution < -0.4 is 4.90 Å². The molecule has 4 rings (SSSR count). The number of benzene rings is 2. The summed E-state index contributed by atoms with van der Waals surface area (Å²) in [5.74, 6) is 0.419. The summed E-state index contributed by atoms with van der Waals surface area (Å²) >= 11 is 0. The maximum absolute atomic E-state index is 13.2. The van der Waals surface area contributed by atoms with Gasteiger partial charge in [0.05, 0.1) is 34.5 Å². The second-order valence-corrected chi connectivity index (χ2v) is 6.33. The number of carbonyl (C=O) groups excluding carboxylic acids is 1. The number of fused-ring (bicyclic) bond motifs is 1. The average Bonchev–Trinajstić information content (AvgIpc) is 3.19. The number of furan rings is 1. The first-order chi connectivity index (χ1) is 13.1. The van der Waals surface area contributed by atoms with Crippen molar-refractivity contribution in [3.8, 4) is 0 Å². The van der Waals surface area contributed by atoms with Crippen molar-refractivity contribution in [1.82, 2.24) is 4.90 Å². The number of nitro groups is 1. The van der Waals surface area contributed by atoms with Crippen molar-refractivity contribution in [3.05, 3.63) is 93.9 Å². The van der Waals surface area contributed by atoms with Gasteiger partial charge in [-0.2, -0.15) is 0 Å². The van der Waals surface area contributed by atoms with Crippen LogP contribution in [0.15, 0.2) is 71.3 Å². The molecule has 1 aliphatic heterocycles. The Morgan fingerprint density at radius 1 is 1.07 bits per heavy atom. The van der Waals surface area contributed by atoms with E-state index in [0.29, 0.717) is 16.9 Å². The molecule has 1 aliphatic rings. The Morgan fingerprint density at radius 2 is 1.81 bits per heavy atom. The molecule has 0 saturated heterocycles. The minimum Gasteiger partial charge on any atom is -0.467 e. The third-order valence-corrected chi connectivity index (χ3v) is 4.76. The highest BCUT2D eigenvalue weighted by atomic mass is 16.6. The molecule has 1 atom stereocenters. The lowest BCUT2D eigenvalue weighted by atomic mass is 10.0. The number of rotatable bonds is 4. The van der Waals surface area contributed by atoms with Gasteiger partial charge in [0.1, 0.15) is 11.9 Å². The third-order valence-electron chi connectivity index (χ3n) is 4.76. The van der Waals surface area contributed by atoms with Crippen LogP contribution >= 0.6 is 0 Å². The Morgan fingerprint density at radius 3 is 2.56 bits per heavy atom. The van der Waals surface area contributed by atoms with Crippen LogP contribution in [0, 0.1) is 10.1 Å². The number of hydrogen-bond acceptors (Lipinski definition) is 5. The highest BCUT2D eigenvalue weighted by Gasteiger charge is 2.39. The summed E-state index contributed by atoms with van der Waals surface area (Å²) in [6.07, 6.45) is 0.917. The lowest BCUT2D eigenvalue weighted by molar-refractivity contribution is -0.386. The zero-order chi connectivity index (χ0) is 19.0. The Hall–Kier alpha value is -3.61. The van der Waals surface area contributed by atoms with E-state index in [1.807, 2.05) is 24.1 Å². The highest BCUT2D eigenvalue weighted by molar-refractivity contribution is 6.02. The van der Waals surface area contributed by atoms with Crippen molar-refractivity contribution >= 4 is 17.3 Å². The fourth-order valence-corrected chi connectivity index (χ4v) is 3.55. The van der Waals surface area contributed by atoms with Gasteiger partial charge in [-0.1, -0.05) is 24.3 Å². The highest BCUT2D eigenvalue weighted by Crippen LogP contribution is 2.41. The van der Waals surface area contributed by atoms with Crippen LogP contribution in [0.4, 0.5) is 11.4 Å². The Kier molecular flexibility index (Phi) is 4.12. The Bertz CT molecular complexity index is 1000. The van der Waals surface area contributed by atoms with Crippen LogP contribution in [0.2, 0.25) is 0 Å². The van der Waals surface area contributed by atoms with Crippen LogP contribution in [0.1, 0.15) is 27.8 Å². The van der Waals surface area contributed by atoms with Crippen LogP contribution in [-0.2, 0) is 6.54 Å². The smallest absolute Gasteiger partial charge is 0.276 e. The zero-order valence-electron chi connectivity index (χ0n) is 14.6. The van der Waals surface area contributed by atoms with E-state index >= 15 is 0 Å². The monoisotopic (exact) mass is 363 g/mol. The first-order valence-electron chi connectivity index (χ1n) is 8.46. The molecule has 2 aromatic carbocycles. The molecule has 0 N–H and O–H groups in total. The Balaban J connectivity index is 1.88. The lowest BCUT2D eigenvalue weighted by Gasteiger charge is -2.43. The van der Waals surface area contributed by atoms with Crippen LogP contribution in [0.5, 0.6) is 0 Å². The number of nitro benzene ring substituents is 1.